The van der Waals surface area contributed by atoms with Crippen molar-refractivity contribution >= 4 is 27.8 Å². The van der Waals surface area contributed by atoms with Crippen LogP contribution in [0.25, 0.3) is 0 Å². The molecule has 0 saturated carbocycles. The molecule has 0 bridgehead atoms. The maximum atomic E-state index is 12.1. The van der Waals surface area contributed by atoms with Crippen LogP contribution < -0.4 is 10.6 Å². The second-order valence-corrected chi connectivity index (χ2v) is 6.54. The molecule has 2 N–H and O–H groups in total. The Hall–Kier alpha value is -1.81. The number of thiophene rings is 1. The van der Waals surface area contributed by atoms with E-state index < -0.39 is 0 Å². The third-order valence-corrected chi connectivity index (χ3v) is 4.87. The molecule has 0 unspecified atom stereocenters. The molecule has 0 amide bonds. The van der Waals surface area contributed by atoms with Gasteiger partial charge in [-0.3, -0.25) is 4.79 Å². The van der Waals surface area contributed by atoms with Crippen molar-refractivity contribution in [2.24, 2.45) is 5.92 Å². The van der Waals surface area contributed by atoms with Crippen LogP contribution in [-0.4, -0.2) is 5.78 Å². The first kappa shape index (κ1) is 13.2. The van der Waals surface area contributed by atoms with Crippen LogP contribution >= 0.6 is 11.3 Å². The summed E-state index contributed by atoms with van der Waals surface area (Å²) in [4.78, 5) is 15.1. The van der Waals surface area contributed by atoms with Crippen molar-refractivity contribution in [3.8, 4) is 0 Å². The second-order valence-electron chi connectivity index (χ2n) is 5.51. The Morgan fingerprint density at radius 2 is 1.85 bits per heavy atom. The molecule has 1 aromatic heterocycles. The van der Waals surface area contributed by atoms with E-state index in [9.17, 15) is 4.79 Å². The Labute approximate surface area is 123 Å². The SMILES string of the molecule is CC(C)C(=O)c1sc(N2Cc3ccccc3C2)cc1N. The minimum Gasteiger partial charge on any atom is -0.397 e. The standard InChI is InChI=1S/C16H18N2OS/c1-10(2)15(19)16-13(17)7-14(20-16)18-8-11-5-3-4-6-12(11)9-18/h3-7,10H,8-9,17H2,1-2H3. The first-order valence-electron chi connectivity index (χ1n) is 6.81. The maximum absolute atomic E-state index is 12.1. The summed E-state index contributed by atoms with van der Waals surface area (Å²) in [5.41, 5.74) is 9.34. The number of benzene rings is 1. The summed E-state index contributed by atoms with van der Waals surface area (Å²) in [5, 5.41) is 1.09. The van der Waals surface area contributed by atoms with Crippen molar-refractivity contribution in [3.05, 3.63) is 46.3 Å². The van der Waals surface area contributed by atoms with Crippen LogP contribution in [0, 0.1) is 5.92 Å². The summed E-state index contributed by atoms with van der Waals surface area (Å²) < 4.78 is 0. The summed E-state index contributed by atoms with van der Waals surface area (Å²) >= 11 is 1.52. The normalized spacial score (nSPS) is 13.8. The average molecular weight is 286 g/mol. The van der Waals surface area contributed by atoms with Gasteiger partial charge in [0.2, 0.25) is 0 Å². The van der Waals surface area contributed by atoms with Crippen molar-refractivity contribution in [3.63, 3.8) is 0 Å². The maximum Gasteiger partial charge on any atom is 0.177 e. The fourth-order valence-electron chi connectivity index (χ4n) is 2.49. The fourth-order valence-corrected chi connectivity index (χ4v) is 3.66. The number of Topliss-reactive ketones (excluding diaryl/α,β-unsaturated/α-hetero) is 1. The number of anilines is 2. The van der Waals surface area contributed by atoms with Crippen LogP contribution in [0.1, 0.15) is 34.6 Å². The smallest absolute Gasteiger partial charge is 0.177 e. The number of hydrogen-bond acceptors (Lipinski definition) is 4. The molecule has 1 aliphatic rings. The summed E-state index contributed by atoms with van der Waals surface area (Å²) in [7, 11) is 0. The van der Waals surface area contributed by atoms with Crippen molar-refractivity contribution in [1.82, 2.24) is 0 Å². The largest absolute Gasteiger partial charge is 0.397 e. The van der Waals surface area contributed by atoms with E-state index in [1.807, 2.05) is 19.9 Å². The lowest BCUT2D eigenvalue weighted by atomic mass is 10.1. The van der Waals surface area contributed by atoms with E-state index in [2.05, 4.69) is 29.2 Å². The number of hydrogen-bond donors (Lipinski definition) is 1. The quantitative estimate of drug-likeness (QED) is 0.875. The number of carbonyl (C=O) groups excluding carboxylic acids is 1. The van der Waals surface area contributed by atoms with Crippen LogP contribution in [0.4, 0.5) is 10.7 Å². The molecular weight excluding hydrogens is 268 g/mol. The molecule has 1 aromatic carbocycles. The zero-order valence-corrected chi connectivity index (χ0v) is 12.5. The molecule has 0 saturated heterocycles. The van der Waals surface area contributed by atoms with Gasteiger partial charge in [0.15, 0.2) is 5.78 Å². The van der Waals surface area contributed by atoms with Gasteiger partial charge in [-0.2, -0.15) is 0 Å². The summed E-state index contributed by atoms with van der Waals surface area (Å²) in [5.74, 6) is 0.120. The highest BCUT2D eigenvalue weighted by Gasteiger charge is 2.23. The van der Waals surface area contributed by atoms with Crippen LogP contribution in [0.5, 0.6) is 0 Å². The lowest BCUT2D eigenvalue weighted by molar-refractivity contribution is 0.0944. The number of nitrogens with zero attached hydrogens (tertiary/aromatic N) is 1. The van der Waals surface area contributed by atoms with Crippen LogP contribution in [0.3, 0.4) is 0 Å². The second kappa shape index (κ2) is 4.94. The molecule has 0 fully saturated rings. The molecule has 20 heavy (non-hydrogen) atoms. The predicted molar refractivity (Wildman–Crippen MR) is 84.2 cm³/mol. The van der Waals surface area contributed by atoms with Gasteiger partial charge in [0, 0.05) is 19.0 Å². The van der Waals surface area contributed by atoms with E-state index in [1.54, 1.807) is 0 Å². The lowest BCUT2D eigenvalue weighted by Gasteiger charge is -2.14. The minimum atomic E-state index is -0.0143. The zero-order valence-electron chi connectivity index (χ0n) is 11.7. The highest BCUT2D eigenvalue weighted by atomic mass is 32.1. The van der Waals surface area contributed by atoms with Gasteiger partial charge in [0.25, 0.3) is 0 Å². The van der Waals surface area contributed by atoms with Gasteiger partial charge in [-0.15, -0.1) is 11.3 Å². The molecular formula is C16H18N2OS. The number of fused-ring (bicyclic) bond motifs is 1. The number of rotatable bonds is 3. The molecule has 2 aromatic rings. The van der Waals surface area contributed by atoms with E-state index >= 15 is 0 Å². The van der Waals surface area contributed by atoms with Crippen LogP contribution in [-0.2, 0) is 13.1 Å². The molecule has 0 atom stereocenters. The Kier molecular flexibility index (Phi) is 3.26. The van der Waals surface area contributed by atoms with Gasteiger partial charge in [-0.1, -0.05) is 38.1 Å². The highest BCUT2D eigenvalue weighted by Crippen LogP contribution is 2.37. The topological polar surface area (TPSA) is 46.3 Å². The predicted octanol–water partition coefficient (Wildman–Crippen LogP) is 3.69. The van der Waals surface area contributed by atoms with E-state index in [-0.39, 0.29) is 11.7 Å². The van der Waals surface area contributed by atoms with Gasteiger partial charge >= 0.3 is 0 Å². The molecule has 0 aliphatic carbocycles. The molecule has 2 heterocycles. The number of ketones is 1. The van der Waals surface area contributed by atoms with Crippen molar-refractivity contribution in [2.75, 3.05) is 10.6 Å². The molecule has 3 rings (SSSR count). The Balaban J connectivity index is 1.87. The highest BCUT2D eigenvalue weighted by molar-refractivity contribution is 7.18. The van der Waals surface area contributed by atoms with Gasteiger partial charge in [-0.05, 0) is 17.2 Å². The minimum absolute atomic E-state index is 0.0143. The van der Waals surface area contributed by atoms with E-state index in [0.29, 0.717) is 10.6 Å². The van der Waals surface area contributed by atoms with Gasteiger partial charge < -0.3 is 10.6 Å². The monoisotopic (exact) mass is 286 g/mol. The van der Waals surface area contributed by atoms with E-state index in [4.69, 9.17) is 5.73 Å². The molecule has 1 aliphatic heterocycles. The van der Waals surface area contributed by atoms with Crippen molar-refractivity contribution in [1.29, 1.82) is 0 Å². The first-order valence-corrected chi connectivity index (χ1v) is 7.63. The van der Waals surface area contributed by atoms with Gasteiger partial charge in [0.1, 0.15) is 0 Å². The van der Waals surface area contributed by atoms with Crippen molar-refractivity contribution < 1.29 is 4.79 Å². The summed E-state index contributed by atoms with van der Waals surface area (Å²) in [6.07, 6.45) is 0. The summed E-state index contributed by atoms with van der Waals surface area (Å²) in [6.45, 7) is 5.61. The Morgan fingerprint density at radius 3 is 2.40 bits per heavy atom. The summed E-state index contributed by atoms with van der Waals surface area (Å²) in [6, 6.07) is 10.4. The van der Waals surface area contributed by atoms with Crippen LogP contribution in [0.2, 0.25) is 0 Å². The Bertz CT molecular complexity index is 635. The number of carbonyl (C=O) groups is 1. The average Bonchev–Trinajstić information content (AvgIpc) is 3.00. The van der Waals surface area contributed by atoms with Crippen LogP contribution in [0.15, 0.2) is 30.3 Å². The molecule has 0 spiro atoms. The Morgan fingerprint density at radius 1 is 1.25 bits per heavy atom. The fraction of sp³-hybridized carbons (Fsp3) is 0.312. The zero-order chi connectivity index (χ0) is 14.3. The molecule has 3 nitrogen and oxygen atoms in total. The number of nitrogens with two attached hydrogens (primary N) is 1. The van der Waals surface area contributed by atoms with Gasteiger partial charge in [0.05, 0.1) is 15.6 Å². The van der Waals surface area contributed by atoms with E-state index in [0.717, 1.165) is 18.1 Å². The number of nitrogen functional groups attached to an aromatic ring is 1. The third kappa shape index (κ3) is 2.20. The van der Waals surface area contributed by atoms with Gasteiger partial charge in [-0.25, -0.2) is 0 Å². The molecule has 104 valence electrons. The molecule has 4 heteroatoms. The third-order valence-electron chi connectivity index (χ3n) is 3.65. The van der Waals surface area contributed by atoms with Crippen molar-refractivity contribution in [2.45, 2.75) is 26.9 Å². The van der Waals surface area contributed by atoms with E-state index in [1.165, 1.54) is 22.5 Å². The lowest BCUT2D eigenvalue weighted by Crippen LogP contribution is -2.12. The first-order chi connectivity index (χ1) is 9.56. The molecule has 0 radical (unpaired) electrons.